The van der Waals surface area contributed by atoms with Gasteiger partial charge in [-0.1, -0.05) is 59.1 Å². The van der Waals surface area contributed by atoms with E-state index in [1.807, 2.05) is 13.0 Å². The lowest BCUT2D eigenvalue weighted by Gasteiger charge is -2.45. The Hall–Kier alpha value is -0.583. The number of allylic oxidation sites excluding steroid dienone is 1. The third kappa shape index (κ3) is 6.16. The van der Waals surface area contributed by atoms with Gasteiger partial charge in [-0.3, -0.25) is 0 Å². The third-order valence-electron chi connectivity index (χ3n) is 7.35. The monoisotopic (exact) mass is 598 g/mol. The van der Waals surface area contributed by atoms with Crippen molar-refractivity contribution in [3.05, 3.63) is 37.8 Å². The summed E-state index contributed by atoms with van der Waals surface area (Å²) in [6.45, 7) is 15.7. The summed E-state index contributed by atoms with van der Waals surface area (Å²) in [7, 11) is -2.08. The van der Waals surface area contributed by atoms with Gasteiger partial charge in [0.1, 0.15) is 11.9 Å². The van der Waals surface area contributed by atoms with Crippen LogP contribution in [0.15, 0.2) is 26.7 Å². The summed E-state index contributed by atoms with van der Waals surface area (Å²) in [4.78, 5) is 0. The quantitative estimate of drug-likeness (QED) is 0.170. The molecule has 6 heteroatoms. The van der Waals surface area contributed by atoms with E-state index in [0.29, 0.717) is 32.0 Å². The van der Waals surface area contributed by atoms with Crippen molar-refractivity contribution in [2.24, 2.45) is 5.92 Å². The van der Waals surface area contributed by atoms with Crippen LogP contribution in [-0.4, -0.2) is 24.6 Å². The Morgan fingerprint density at radius 1 is 1.15 bits per heavy atom. The van der Waals surface area contributed by atoms with Crippen LogP contribution in [0.25, 0.3) is 0 Å². The Labute approximate surface area is 218 Å². The molecule has 1 aliphatic carbocycles. The highest BCUT2D eigenvalue weighted by molar-refractivity contribution is 9.11. The molecule has 1 aromatic carbocycles. The fourth-order valence-electron chi connectivity index (χ4n) is 5.84. The van der Waals surface area contributed by atoms with Crippen molar-refractivity contribution >= 4 is 40.2 Å². The van der Waals surface area contributed by atoms with E-state index in [0.717, 1.165) is 30.4 Å². The summed E-state index contributed by atoms with van der Waals surface area (Å²) in [5, 5.41) is 21.4. The maximum absolute atomic E-state index is 11.1. The van der Waals surface area contributed by atoms with E-state index in [1.165, 1.54) is 5.57 Å². The first kappa shape index (κ1) is 28.7. The Morgan fingerprint density at radius 2 is 1.73 bits per heavy atom. The summed E-state index contributed by atoms with van der Waals surface area (Å²) in [5.74, 6) is 3.38. The first-order valence-corrected chi connectivity index (χ1v) is 15.8. The standard InChI is InChI=1S/C27H40Br2O3Si/c1-9-24(32-33(16(2)3,17(4)5)18(6)7)21-12-10-11-20(14-21)15-23(30)25-19(8)13-22(28)27(31)26(25)29/h1,11,13,16-18,21,23-24,30-31H,10,12,14-15H2,2-8H3/t21-,23+,24?/m1/s1. The van der Waals surface area contributed by atoms with Crippen molar-refractivity contribution in [3.63, 3.8) is 0 Å². The van der Waals surface area contributed by atoms with Crippen LogP contribution in [0.1, 0.15) is 84.5 Å². The second-order valence-electron chi connectivity index (χ2n) is 10.4. The Kier molecular flexibility index (Phi) is 10.3. The summed E-state index contributed by atoms with van der Waals surface area (Å²) in [6, 6.07) is 1.84. The molecule has 0 radical (unpaired) electrons. The molecule has 0 spiro atoms. The van der Waals surface area contributed by atoms with Gasteiger partial charge in [-0.25, -0.2) is 0 Å². The SMILES string of the molecule is C#CC(O[Si](C(C)C)(C(C)C)C(C)C)[C@@H]1CCC=C(C[C@H](O)c2c(C)cc(Br)c(O)c2Br)C1. The van der Waals surface area contributed by atoms with Crippen LogP contribution in [0.4, 0.5) is 0 Å². The fourth-order valence-corrected chi connectivity index (χ4v) is 13.0. The number of hydrogen-bond acceptors (Lipinski definition) is 3. The van der Waals surface area contributed by atoms with Crippen molar-refractivity contribution in [1.29, 1.82) is 0 Å². The van der Waals surface area contributed by atoms with Gasteiger partial charge in [0, 0.05) is 5.56 Å². The third-order valence-corrected chi connectivity index (χ3v) is 14.8. The average molecular weight is 601 g/mol. The maximum Gasteiger partial charge on any atom is 0.202 e. The lowest BCUT2D eigenvalue weighted by Crippen LogP contribution is -2.51. The van der Waals surface area contributed by atoms with Crippen molar-refractivity contribution in [2.75, 3.05) is 0 Å². The largest absolute Gasteiger partial charge is 0.506 e. The van der Waals surface area contributed by atoms with Gasteiger partial charge in [0.15, 0.2) is 0 Å². The molecule has 0 bridgehead atoms. The van der Waals surface area contributed by atoms with Crippen molar-refractivity contribution in [2.45, 2.75) is 103 Å². The zero-order valence-corrected chi connectivity index (χ0v) is 25.3. The zero-order chi connectivity index (χ0) is 25.1. The molecule has 0 fully saturated rings. The van der Waals surface area contributed by atoms with Crippen LogP contribution in [-0.2, 0) is 4.43 Å². The second kappa shape index (κ2) is 11.9. The number of phenols is 1. The van der Waals surface area contributed by atoms with Gasteiger partial charge in [0.05, 0.1) is 15.0 Å². The molecular weight excluding hydrogens is 560 g/mol. The van der Waals surface area contributed by atoms with E-state index < -0.39 is 14.4 Å². The van der Waals surface area contributed by atoms with Gasteiger partial charge in [0.25, 0.3) is 0 Å². The highest BCUT2D eigenvalue weighted by Gasteiger charge is 2.47. The molecule has 3 nitrogen and oxygen atoms in total. The van der Waals surface area contributed by atoms with Gasteiger partial charge in [-0.05, 0) is 98.6 Å². The van der Waals surface area contributed by atoms with E-state index in [9.17, 15) is 10.2 Å². The second-order valence-corrected chi connectivity index (χ2v) is 17.5. The molecule has 3 atom stereocenters. The number of phenolic OH excluding ortho intramolecular Hbond substituents is 1. The molecule has 0 saturated carbocycles. The number of hydrogen-bond donors (Lipinski definition) is 2. The molecular formula is C27H40Br2O3Si. The van der Waals surface area contributed by atoms with Crippen molar-refractivity contribution in [3.8, 4) is 18.1 Å². The summed E-state index contributed by atoms with van der Waals surface area (Å²) >= 11 is 6.83. The number of aryl methyl sites for hydroxylation is 1. The lowest BCUT2D eigenvalue weighted by atomic mass is 9.82. The van der Waals surface area contributed by atoms with Crippen LogP contribution >= 0.6 is 31.9 Å². The Morgan fingerprint density at radius 3 is 2.24 bits per heavy atom. The van der Waals surface area contributed by atoms with Crippen molar-refractivity contribution in [1.82, 2.24) is 0 Å². The molecule has 2 N–H and O–H groups in total. The van der Waals surface area contributed by atoms with E-state index in [4.69, 9.17) is 10.8 Å². The summed E-state index contributed by atoms with van der Waals surface area (Å²) in [5.41, 5.74) is 4.33. The Balaban J connectivity index is 2.22. The molecule has 0 heterocycles. The fraction of sp³-hybridized carbons (Fsp3) is 0.630. The highest BCUT2D eigenvalue weighted by Crippen LogP contribution is 2.46. The molecule has 1 unspecified atom stereocenters. The average Bonchev–Trinajstić information content (AvgIpc) is 2.72. The van der Waals surface area contributed by atoms with E-state index in [1.54, 1.807) is 0 Å². The first-order valence-electron chi connectivity index (χ1n) is 12.0. The van der Waals surface area contributed by atoms with Gasteiger partial charge in [0.2, 0.25) is 8.32 Å². The maximum atomic E-state index is 11.1. The van der Waals surface area contributed by atoms with E-state index >= 15 is 0 Å². The van der Waals surface area contributed by atoms with Gasteiger partial charge in [-0.2, -0.15) is 0 Å². The molecule has 1 aliphatic rings. The summed E-state index contributed by atoms with van der Waals surface area (Å²) < 4.78 is 8.14. The molecule has 0 amide bonds. The molecule has 0 aliphatic heterocycles. The Bertz CT molecular complexity index is 880. The molecule has 184 valence electrons. The van der Waals surface area contributed by atoms with Crippen LogP contribution in [0.3, 0.4) is 0 Å². The molecule has 2 rings (SSSR count). The lowest BCUT2D eigenvalue weighted by molar-refractivity contribution is 0.143. The minimum atomic E-state index is -2.08. The summed E-state index contributed by atoms with van der Waals surface area (Å²) in [6.07, 6.45) is 10.7. The van der Waals surface area contributed by atoms with Crippen LogP contribution in [0.2, 0.25) is 16.6 Å². The number of halogens is 2. The first-order chi connectivity index (χ1) is 15.4. The predicted molar refractivity (Wildman–Crippen MR) is 148 cm³/mol. The van der Waals surface area contributed by atoms with Crippen LogP contribution in [0.5, 0.6) is 5.75 Å². The number of aromatic hydroxyl groups is 1. The van der Waals surface area contributed by atoms with Crippen LogP contribution in [0, 0.1) is 25.2 Å². The van der Waals surface area contributed by atoms with E-state index in [2.05, 4.69) is 85.4 Å². The van der Waals surface area contributed by atoms with E-state index in [-0.39, 0.29) is 17.8 Å². The smallest absolute Gasteiger partial charge is 0.202 e. The number of aliphatic hydroxyl groups is 1. The van der Waals surface area contributed by atoms with Gasteiger partial charge in [-0.15, -0.1) is 6.42 Å². The predicted octanol–water partition coefficient (Wildman–Crippen LogP) is 8.57. The minimum absolute atomic E-state index is 0.114. The highest BCUT2D eigenvalue weighted by atomic mass is 79.9. The van der Waals surface area contributed by atoms with Gasteiger partial charge >= 0.3 is 0 Å². The number of rotatable bonds is 9. The molecule has 33 heavy (non-hydrogen) atoms. The zero-order valence-electron chi connectivity index (χ0n) is 21.1. The number of benzene rings is 1. The minimum Gasteiger partial charge on any atom is -0.506 e. The molecule has 0 aromatic heterocycles. The van der Waals surface area contributed by atoms with Crippen LogP contribution < -0.4 is 0 Å². The molecule has 1 aromatic rings. The van der Waals surface area contributed by atoms with Gasteiger partial charge < -0.3 is 14.6 Å². The number of terminal acetylenes is 1. The topological polar surface area (TPSA) is 49.7 Å². The van der Waals surface area contributed by atoms with Crippen molar-refractivity contribution < 1.29 is 14.6 Å². The number of aliphatic hydroxyl groups excluding tert-OH is 1. The molecule has 0 saturated heterocycles. The normalized spacial score (nSPS) is 19.0.